The van der Waals surface area contributed by atoms with E-state index in [-0.39, 0.29) is 38.3 Å². The number of hydrogen-bond acceptors (Lipinski definition) is 10. The van der Waals surface area contributed by atoms with Crippen molar-refractivity contribution in [2.24, 2.45) is 16.1 Å². The van der Waals surface area contributed by atoms with Crippen LogP contribution in [0.1, 0.15) is 0 Å². The first-order valence-corrected chi connectivity index (χ1v) is 8.29. The van der Waals surface area contributed by atoms with Crippen LogP contribution in [-0.2, 0) is 0 Å². The number of tetrazole rings is 1. The fraction of sp³-hybridized carbons (Fsp3) is 0. The van der Waals surface area contributed by atoms with Crippen LogP contribution in [0.5, 0.6) is 11.8 Å². The Balaban J connectivity index is 2.05. The Morgan fingerprint density at radius 3 is 2.17 bits per heavy atom. The lowest BCUT2D eigenvalue weighted by Crippen LogP contribution is -2.27. The second-order valence-corrected chi connectivity index (χ2v) is 6.25. The van der Waals surface area contributed by atoms with Crippen molar-refractivity contribution in [2.45, 2.75) is 0 Å². The molecule has 0 fully saturated rings. The molecule has 14 nitrogen and oxygen atoms in total. The number of nitrogens with zero attached hydrogens (tertiary/aromatic N) is 7. The predicted octanol–water partition coefficient (Wildman–Crippen LogP) is -0.0703. The highest BCUT2D eigenvalue weighted by atomic mass is 16.3. The third-order valence-corrected chi connectivity index (χ3v) is 4.88. The summed E-state index contributed by atoms with van der Waals surface area (Å²) in [4.78, 5) is 26.0. The number of nitrogens with two attached hydrogens (primary N) is 1. The Morgan fingerprint density at radius 2 is 1.60 bits per heavy atom. The molecule has 3 aromatic heterocycles. The summed E-state index contributed by atoms with van der Waals surface area (Å²) in [5.74, 6) is 3.47. The predicted molar refractivity (Wildman–Crippen MR) is 103 cm³/mol. The van der Waals surface area contributed by atoms with Crippen LogP contribution in [0.3, 0.4) is 0 Å². The van der Waals surface area contributed by atoms with Gasteiger partial charge in [0.2, 0.25) is 11.8 Å². The minimum absolute atomic E-state index is 0.0989. The zero-order valence-electron chi connectivity index (χ0n) is 14.7. The summed E-state index contributed by atoms with van der Waals surface area (Å²) < 4.78 is 1.56. The maximum absolute atomic E-state index is 13.1. The molecule has 3 heterocycles. The van der Waals surface area contributed by atoms with Gasteiger partial charge in [-0.15, -0.1) is 15.3 Å². The second kappa shape index (κ2) is 5.81. The summed E-state index contributed by atoms with van der Waals surface area (Å²) in [5.41, 5.74) is 5.74. The van der Waals surface area contributed by atoms with Gasteiger partial charge in [-0.25, -0.2) is 14.7 Å². The average Bonchev–Trinajstić information content (AvgIpc) is 3.28. The normalized spacial score (nSPS) is 12.3. The van der Waals surface area contributed by atoms with Crippen LogP contribution >= 0.6 is 0 Å². The molecule has 0 atom stereocenters. The minimum atomic E-state index is -0.753. The fourth-order valence-electron chi connectivity index (χ4n) is 3.66. The highest BCUT2D eigenvalue weighted by molar-refractivity contribution is 6.24. The zero-order chi connectivity index (χ0) is 21.2. The Bertz CT molecular complexity index is 1630. The monoisotopic (exact) mass is 406 g/mol. The lowest BCUT2D eigenvalue weighted by atomic mass is 9.96. The third kappa shape index (κ3) is 1.95. The number of benzene rings is 2. The molecule has 0 saturated carbocycles. The highest BCUT2D eigenvalue weighted by Gasteiger charge is 2.24. The topological polar surface area (TPSA) is 214 Å². The van der Waals surface area contributed by atoms with Crippen LogP contribution in [0.25, 0.3) is 38.3 Å². The molecule has 0 unspecified atom stereocenters. The van der Waals surface area contributed by atoms with Crippen LogP contribution in [0.15, 0.2) is 44.1 Å². The number of aromatic amines is 1. The van der Waals surface area contributed by atoms with Crippen molar-refractivity contribution in [3.63, 3.8) is 0 Å². The standard InChI is InChI=1S/C16H10N10O4/c17-19-15(20-18)25-11(27)5-1-3-7-10-8(4-2-6(9(5)10)12(25)28)14(30)26(13(7)29)16-21-23-24-22-16/h1-4,17,27,30H,18H2,(H,21,22,23,24)/b19-17?,20-15+. The van der Waals surface area contributed by atoms with E-state index in [4.69, 9.17) is 11.4 Å². The van der Waals surface area contributed by atoms with E-state index in [0.717, 1.165) is 4.57 Å². The number of H-pyrrole nitrogens is 1. The van der Waals surface area contributed by atoms with Crippen molar-refractivity contribution in [1.29, 1.82) is 5.53 Å². The van der Waals surface area contributed by atoms with Gasteiger partial charge in [-0.05, 0) is 29.5 Å². The number of nitrogens with one attached hydrogen (secondary N) is 2. The van der Waals surface area contributed by atoms with E-state index in [0.29, 0.717) is 4.57 Å². The molecule has 30 heavy (non-hydrogen) atoms. The number of hydrazone groups is 1. The van der Waals surface area contributed by atoms with Crippen molar-refractivity contribution in [3.8, 4) is 17.7 Å². The van der Waals surface area contributed by atoms with E-state index in [1.54, 1.807) is 0 Å². The first kappa shape index (κ1) is 17.2. The molecule has 0 bridgehead atoms. The van der Waals surface area contributed by atoms with Gasteiger partial charge in [0, 0.05) is 32.3 Å². The summed E-state index contributed by atoms with van der Waals surface area (Å²) in [6.07, 6.45) is 0. The summed E-state index contributed by atoms with van der Waals surface area (Å²) in [5, 5.41) is 42.0. The van der Waals surface area contributed by atoms with Gasteiger partial charge in [0.1, 0.15) is 0 Å². The molecule has 14 heteroatoms. The molecule has 5 rings (SSSR count). The van der Waals surface area contributed by atoms with Crippen molar-refractivity contribution < 1.29 is 10.2 Å². The molecule has 0 radical (unpaired) electrons. The first-order chi connectivity index (χ1) is 14.5. The van der Waals surface area contributed by atoms with Crippen LogP contribution in [0.4, 0.5) is 0 Å². The van der Waals surface area contributed by atoms with E-state index in [1.807, 2.05) is 0 Å². The van der Waals surface area contributed by atoms with E-state index in [9.17, 15) is 19.8 Å². The molecule has 0 aliphatic heterocycles. The van der Waals surface area contributed by atoms with Gasteiger partial charge < -0.3 is 16.1 Å². The summed E-state index contributed by atoms with van der Waals surface area (Å²) in [6, 6.07) is 5.70. The molecule has 0 aliphatic carbocycles. The summed E-state index contributed by atoms with van der Waals surface area (Å²) in [7, 11) is 0. The van der Waals surface area contributed by atoms with E-state index in [2.05, 4.69) is 30.8 Å². The molecule has 0 saturated heterocycles. The quantitative estimate of drug-likeness (QED) is 0.0632. The SMILES string of the molecule is N=N/C(=N\N)n1c(O)c2ccc3c(=O)n(-c4nn[nH]n4)c(O)c4ccc(c1=O)c2c43. The third-order valence-electron chi connectivity index (χ3n) is 4.88. The zero-order valence-corrected chi connectivity index (χ0v) is 14.7. The lowest BCUT2D eigenvalue weighted by molar-refractivity contribution is 0.440. The van der Waals surface area contributed by atoms with E-state index in [1.165, 1.54) is 24.3 Å². The fourth-order valence-corrected chi connectivity index (χ4v) is 3.66. The maximum atomic E-state index is 13.1. The lowest BCUT2D eigenvalue weighted by Gasteiger charge is -2.16. The van der Waals surface area contributed by atoms with Crippen molar-refractivity contribution in [2.75, 3.05) is 0 Å². The number of hydrogen-bond donors (Lipinski definition) is 5. The van der Waals surface area contributed by atoms with Gasteiger partial charge in [0.25, 0.3) is 23.0 Å². The number of aromatic hydroxyl groups is 2. The molecule has 2 aromatic carbocycles. The van der Waals surface area contributed by atoms with Gasteiger partial charge in [0.15, 0.2) is 0 Å². The highest BCUT2D eigenvalue weighted by Crippen LogP contribution is 2.38. The average molecular weight is 406 g/mol. The Morgan fingerprint density at radius 1 is 1.00 bits per heavy atom. The van der Waals surface area contributed by atoms with Crippen LogP contribution in [-0.4, -0.2) is 45.9 Å². The van der Waals surface area contributed by atoms with E-state index >= 15 is 0 Å². The molecule has 0 spiro atoms. The smallest absolute Gasteiger partial charge is 0.279 e. The summed E-state index contributed by atoms with van der Waals surface area (Å²) >= 11 is 0. The van der Waals surface area contributed by atoms with Gasteiger partial charge in [-0.2, -0.15) is 5.21 Å². The van der Waals surface area contributed by atoms with Crippen molar-refractivity contribution in [3.05, 3.63) is 45.0 Å². The van der Waals surface area contributed by atoms with Gasteiger partial charge in [-0.1, -0.05) is 5.10 Å². The molecule has 6 N–H and O–H groups in total. The van der Waals surface area contributed by atoms with Gasteiger partial charge in [-0.3, -0.25) is 9.59 Å². The van der Waals surface area contributed by atoms with Crippen LogP contribution in [0.2, 0.25) is 0 Å². The molecular formula is C16H10N10O4. The van der Waals surface area contributed by atoms with Crippen LogP contribution < -0.4 is 17.0 Å². The molecule has 0 aliphatic rings. The largest absolute Gasteiger partial charge is 0.494 e. The number of aromatic nitrogens is 6. The van der Waals surface area contributed by atoms with Gasteiger partial charge in [0.05, 0.1) is 0 Å². The van der Waals surface area contributed by atoms with E-state index < -0.39 is 28.8 Å². The Labute approximate surface area is 163 Å². The molecule has 5 aromatic rings. The van der Waals surface area contributed by atoms with Crippen molar-refractivity contribution in [1.82, 2.24) is 29.8 Å². The minimum Gasteiger partial charge on any atom is -0.494 e. The molecule has 0 amide bonds. The van der Waals surface area contributed by atoms with Crippen molar-refractivity contribution >= 4 is 38.3 Å². The number of rotatable bonds is 1. The molecular weight excluding hydrogens is 396 g/mol. The Kier molecular flexibility index (Phi) is 3.34. The molecule has 148 valence electrons. The maximum Gasteiger partial charge on any atom is 0.279 e. The van der Waals surface area contributed by atoms with Gasteiger partial charge >= 0.3 is 0 Å². The first-order valence-electron chi connectivity index (χ1n) is 8.29. The summed E-state index contributed by atoms with van der Waals surface area (Å²) in [6.45, 7) is 0. The van der Waals surface area contributed by atoms with Crippen LogP contribution in [0, 0.1) is 5.53 Å². The Hall–Kier alpha value is -4.88. The second-order valence-electron chi connectivity index (χ2n) is 6.25. The number of pyridine rings is 2.